The number of hydrogen-bond donors (Lipinski definition) is 3. The normalized spacial score (nSPS) is 11.1. The van der Waals surface area contributed by atoms with E-state index in [0.29, 0.717) is 24.2 Å². The quantitative estimate of drug-likeness (QED) is 0.702. The fourth-order valence-electron chi connectivity index (χ4n) is 2.17. The van der Waals surface area contributed by atoms with E-state index in [-0.39, 0.29) is 12.5 Å². The van der Waals surface area contributed by atoms with Crippen LogP contribution in [0.4, 0.5) is 0 Å². The molecule has 0 aromatic carbocycles. The van der Waals surface area contributed by atoms with Gasteiger partial charge in [0.2, 0.25) is 0 Å². The number of aromatic nitrogens is 1. The molecule has 0 spiro atoms. The molecule has 1 amide bonds. The van der Waals surface area contributed by atoms with E-state index in [1.165, 1.54) is 0 Å². The summed E-state index contributed by atoms with van der Waals surface area (Å²) in [6, 6.07) is 5.05. The minimum absolute atomic E-state index is 0.231. The van der Waals surface area contributed by atoms with Crippen molar-refractivity contribution in [1.82, 2.24) is 10.3 Å². The number of nitrogens with one attached hydrogen (secondary N) is 2. The maximum atomic E-state index is 11.9. The Morgan fingerprint density at radius 1 is 1.42 bits per heavy atom. The molecule has 0 saturated heterocycles. The minimum Gasteiger partial charge on any atom is -0.388 e. The third kappa shape index (κ3) is 4.42. The van der Waals surface area contributed by atoms with Crippen molar-refractivity contribution in [2.24, 2.45) is 0 Å². The van der Waals surface area contributed by atoms with Gasteiger partial charge in [0.05, 0.1) is 5.60 Å². The first-order valence-corrected chi connectivity index (χ1v) is 6.64. The molecule has 0 unspecified atom stereocenters. The van der Waals surface area contributed by atoms with Crippen molar-refractivity contribution in [3.05, 3.63) is 23.5 Å². The predicted molar refractivity (Wildman–Crippen MR) is 72.6 cm³/mol. The van der Waals surface area contributed by atoms with Gasteiger partial charge in [0.15, 0.2) is 0 Å². The summed E-state index contributed by atoms with van der Waals surface area (Å²) in [6.45, 7) is 4.24. The summed E-state index contributed by atoms with van der Waals surface area (Å²) in [6.07, 6.45) is 3.06. The van der Waals surface area contributed by atoms with E-state index in [1.54, 1.807) is 12.1 Å². The largest absolute Gasteiger partial charge is 0.388 e. The predicted octanol–water partition coefficient (Wildman–Crippen LogP) is 1.95. The highest BCUT2D eigenvalue weighted by Crippen LogP contribution is 2.18. The molecule has 3 N–H and O–H groups in total. The second-order valence-corrected chi connectivity index (χ2v) is 4.80. The number of aromatic amines is 1. The number of nitrogens with zero attached hydrogens (tertiary/aromatic N) is 1. The average Bonchev–Trinajstić information content (AvgIpc) is 2.85. The number of aliphatic hydroxyl groups is 1. The number of amides is 1. The summed E-state index contributed by atoms with van der Waals surface area (Å²) < 4.78 is 0. The summed E-state index contributed by atoms with van der Waals surface area (Å²) in [7, 11) is 0. The molecule has 0 radical (unpaired) electrons. The number of carbonyl (C=O) groups excluding carboxylic acids is 1. The fraction of sp³-hybridized carbons (Fsp3) is 0.571. The van der Waals surface area contributed by atoms with Crippen molar-refractivity contribution < 1.29 is 9.90 Å². The van der Waals surface area contributed by atoms with Crippen LogP contribution in [0.1, 0.15) is 55.7 Å². The van der Waals surface area contributed by atoms with E-state index >= 15 is 0 Å². The van der Waals surface area contributed by atoms with Gasteiger partial charge in [-0.2, -0.15) is 5.26 Å². The topological polar surface area (TPSA) is 88.9 Å². The summed E-state index contributed by atoms with van der Waals surface area (Å²) in [5.41, 5.74) is -0.154. The molecule has 1 aromatic heterocycles. The van der Waals surface area contributed by atoms with Gasteiger partial charge in [-0.05, 0) is 25.0 Å². The van der Waals surface area contributed by atoms with Gasteiger partial charge < -0.3 is 15.4 Å². The van der Waals surface area contributed by atoms with Crippen LogP contribution in [0.25, 0.3) is 0 Å². The molecule has 1 aromatic rings. The van der Waals surface area contributed by atoms with E-state index in [2.05, 4.69) is 10.3 Å². The van der Waals surface area contributed by atoms with Gasteiger partial charge in [0.1, 0.15) is 17.5 Å². The Bertz CT molecular complexity index is 454. The van der Waals surface area contributed by atoms with Crippen LogP contribution in [0.2, 0.25) is 0 Å². The number of carbonyl (C=O) groups is 1. The smallest absolute Gasteiger partial charge is 0.267 e. The maximum Gasteiger partial charge on any atom is 0.267 e. The molecule has 0 atom stereocenters. The monoisotopic (exact) mass is 263 g/mol. The molecule has 0 bridgehead atoms. The molecule has 104 valence electrons. The molecular formula is C14H21N3O2. The number of nitriles is 1. The Hall–Kier alpha value is -1.80. The van der Waals surface area contributed by atoms with Crippen LogP contribution in [0.3, 0.4) is 0 Å². The molecule has 1 rings (SSSR count). The van der Waals surface area contributed by atoms with E-state index in [9.17, 15) is 9.90 Å². The number of H-pyrrole nitrogens is 1. The van der Waals surface area contributed by atoms with Crippen LogP contribution in [0.5, 0.6) is 0 Å². The Morgan fingerprint density at radius 3 is 2.53 bits per heavy atom. The highest BCUT2D eigenvalue weighted by atomic mass is 16.3. The lowest BCUT2D eigenvalue weighted by atomic mass is 9.92. The molecule has 1 heterocycles. The average molecular weight is 263 g/mol. The molecule has 5 heteroatoms. The number of hydrogen-bond acceptors (Lipinski definition) is 3. The lowest BCUT2D eigenvalue weighted by Crippen LogP contribution is -2.42. The van der Waals surface area contributed by atoms with Crippen LogP contribution in [-0.2, 0) is 0 Å². The van der Waals surface area contributed by atoms with E-state index in [1.807, 2.05) is 19.9 Å². The second kappa shape index (κ2) is 6.95. The Balaban J connectivity index is 2.59. The molecule has 0 aliphatic heterocycles. The fourth-order valence-corrected chi connectivity index (χ4v) is 2.17. The van der Waals surface area contributed by atoms with Crippen LogP contribution in [0.15, 0.2) is 12.1 Å². The molecular weight excluding hydrogens is 242 g/mol. The van der Waals surface area contributed by atoms with Gasteiger partial charge in [-0.25, -0.2) is 0 Å². The SMILES string of the molecule is CCCC(O)(CCC)CNC(=O)c1ccc(C#N)[nH]1. The molecule has 0 fully saturated rings. The summed E-state index contributed by atoms with van der Waals surface area (Å²) in [5, 5.41) is 21.8. The first-order chi connectivity index (χ1) is 9.04. The van der Waals surface area contributed by atoms with Gasteiger partial charge in [-0.3, -0.25) is 4.79 Å². The van der Waals surface area contributed by atoms with E-state index < -0.39 is 5.60 Å². The Kier molecular flexibility index (Phi) is 5.58. The van der Waals surface area contributed by atoms with Crippen molar-refractivity contribution in [2.45, 2.75) is 45.1 Å². The lowest BCUT2D eigenvalue weighted by molar-refractivity contribution is 0.0212. The lowest BCUT2D eigenvalue weighted by Gasteiger charge is -2.27. The zero-order chi connectivity index (χ0) is 14.3. The van der Waals surface area contributed by atoms with E-state index in [0.717, 1.165) is 12.8 Å². The minimum atomic E-state index is -0.843. The van der Waals surface area contributed by atoms with E-state index in [4.69, 9.17) is 5.26 Å². The van der Waals surface area contributed by atoms with Crippen LogP contribution in [-0.4, -0.2) is 28.1 Å². The molecule has 5 nitrogen and oxygen atoms in total. The molecule has 0 aliphatic carbocycles. The highest BCUT2D eigenvalue weighted by molar-refractivity contribution is 5.92. The van der Waals surface area contributed by atoms with Crippen molar-refractivity contribution in [1.29, 1.82) is 5.26 Å². The van der Waals surface area contributed by atoms with Gasteiger partial charge in [-0.15, -0.1) is 0 Å². The summed E-state index contributed by atoms with van der Waals surface area (Å²) in [5.74, 6) is -0.299. The van der Waals surface area contributed by atoms with Gasteiger partial charge in [0.25, 0.3) is 5.91 Å². The van der Waals surface area contributed by atoms with Gasteiger partial charge in [0, 0.05) is 6.54 Å². The number of rotatable bonds is 7. The Labute approximate surface area is 113 Å². The second-order valence-electron chi connectivity index (χ2n) is 4.80. The molecule has 0 saturated carbocycles. The Morgan fingerprint density at radius 2 is 2.05 bits per heavy atom. The van der Waals surface area contributed by atoms with Crippen molar-refractivity contribution in [3.63, 3.8) is 0 Å². The third-order valence-corrected chi connectivity index (χ3v) is 3.06. The van der Waals surface area contributed by atoms with Crippen molar-refractivity contribution in [2.75, 3.05) is 6.54 Å². The zero-order valence-corrected chi connectivity index (χ0v) is 11.5. The van der Waals surface area contributed by atoms with Crippen LogP contribution in [0, 0.1) is 11.3 Å². The molecule has 0 aliphatic rings. The van der Waals surface area contributed by atoms with Crippen molar-refractivity contribution in [3.8, 4) is 6.07 Å². The highest BCUT2D eigenvalue weighted by Gasteiger charge is 2.25. The first-order valence-electron chi connectivity index (χ1n) is 6.64. The maximum absolute atomic E-state index is 11.9. The third-order valence-electron chi connectivity index (χ3n) is 3.06. The van der Waals surface area contributed by atoms with Gasteiger partial charge >= 0.3 is 0 Å². The summed E-state index contributed by atoms with van der Waals surface area (Å²) >= 11 is 0. The van der Waals surface area contributed by atoms with Crippen molar-refractivity contribution >= 4 is 5.91 Å². The summed E-state index contributed by atoms with van der Waals surface area (Å²) in [4.78, 5) is 14.6. The first kappa shape index (κ1) is 15.3. The standard InChI is InChI=1S/C14H21N3O2/c1-3-7-14(19,8-4-2)10-16-13(18)12-6-5-11(9-15)17-12/h5-6,17,19H,3-4,7-8,10H2,1-2H3,(H,16,18). The van der Waals surface area contributed by atoms with Crippen LogP contribution < -0.4 is 5.32 Å². The van der Waals surface area contributed by atoms with Crippen LogP contribution >= 0.6 is 0 Å². The van der Waals surface area contributed by atoms with Gasteiger partial charge in [-0.1, -0.05) is 26.7 Å². The zero-order valence-electron chi connectivity index (χ0n) is 11.5. The molecule has 19 heavy (non-hydrogen) atoms.